The third-order valence-electron chi connectivity index (χ3n) is 7.14. The van der Waals surface area contributed by atoms with Crippen LogP contribution in [0.3, 0.4) is 0 Å². The number of hydrogen-bond acceptors (Lipinski definition) is 7. The van der Waals surface area contributed by atoms with Crippen LogP contribution in [0.2, 0.25) is 0 Å². The predicted octanol–water partition coefficient (Wildman–Crippen LogP) is 4.68. The number of esters is 1. The third-order valence-corrected chi connectivity index (χ3v) is 8.74. The molecule has 0 aliphatic carbocycles. The highest BCUT2D eigenvalue weighted by molar-refractivity contribution is 9.10. The molecule has 2 aromatic heterocycles. The zero-order valence-corrected chi connectivity index (χ0v) is 26.0. The molecule has 2 aromatic carbocycles. The molecule has 9 nitrogen and oxygen atoms in total. The summed E-state index contributed by atoms with van der Waals surface area (Å²) in [5.41, 5.74) is 4.89. The number of thiazole rings is 1. The van der Waals surface area contributed by atoms with Crippen molar-refractivity contribution in [3.05, 3.63) is 112 Å². The van der Waals surface area contributed by atoms with Gasteiger partial charge in [0.25, 0.3) is 5.56 Å². The number of carbonyl (C=O) groups is 2. The van der Waals surface area contributed by atoms with Crippen LogP contribution in [0.4, 0.5) is 0 Å². The maximum absolute atomic E-state index is 14.0. The predicted molar refractivity (Wildman–Crippen MR) is 163 cm³/mol. The van der Waals surface area contributed by atoms with Gasteiger partial charge >= 0.3 is 11.9 Å². The lowest BCUT2D eigenvalue weighted by Crippen LogP contribution is -2.40. The zero-order chi connectivity index (χ0) is 30.3. The van der Waals surface area contributed by atoms with Gasteiger partial charge in [-0.15, -0.1) is 0 Å². The van der Waals surface area contributed by atoms with Crippen LogP contribution in [-0.2, 0) is 9.53 Å². The van der Waals surface area contributed by atoms with Crippen molar-refractivity contribution in [1.29, 1.82) is 0 Å². The molecule has 1 atom stereocenters. The first-order chi connectivity index (χ1) is 20.0. The van der Waals surface area contributed by atoms with Gasteiger partial charge in [0.05, 0.1) is 45.6 Å². The van der Waals surface area contributed by atoms with E-state index in [0.29, 0.717) is 36.4 Å². The van der Waals surface area contributed by atoms with Crippen molar-refractivity contribution in [3.63, 3.8) is 0 Å². The van der Waals surface area contributed by atoms with Crippen LogP contribution < -0.4 is 19.6 Å². The normalized spacial score (nSPS) is 14.9. The minimum absolute atomic E-state index is 0.188. The summed E-state index contributed by atoms with van der Waals surface area (Å²) in [6, 6.07) is 13.3. The number of carboxylic acids is 1. The molecule has 0 bridgehead atoms. The molecular formula is C31H28BrN3O6S. The van der Waals surface area contributed by atoms with Crippen LogP contribution in [0.15, 0.2) is 74.1 Å². The summed E-state index contributed by atoms with van der Waals surface area (Å²) in [6.07, 6.45) is 1.83. The minimum atomic E-state index is -0.986. The second kappa shape index (κ2) is 11.6. The Hall–Kier alpha value is -4.22. The number of fused-ring (bicyclic) bond motifs is 1. The molecule has 0 fully saturated rings. The van der Waals surface area contributed by atoms with Crippen molar-refractivity contribution < 1.29 is 24.2 Å². The van der Waals surface area contributed by atoms with Crippen LogP contribution in [-0.4, -0.2) is 39.9 Å². The number of ether oxygens (including phenoxy) is 2. The van der Waals surface area contributed by atoms with Gasteiger partial charge in [0.15, 0.2) is 4.80 Å². The van der Waals surface area contributed by atoms with Crippen LogP contribution >= 0.6 is 27.3 Å². The monoisotopic (exact) mass is 649 g/mol. The molecule has 5 rings (SSSR count). The highest BCUT2D eigenvalue weighted by Crippen LogP contribution is 2.35. The van der Waals surface area contributed by atoms with E-state index in [-0.39, 0.29) is 17.7 Å². The molecule has 1 aliphatic heterocycles. The summed E-state index contributed by atoms with van der Waals surface area (Å²) >= 11 is 4.78. The summed E-state index contributed by atoms with van der Waals surface area (Å²) in [4.78, 5) is 43.6. The Balaban J connectivity index is 1.67. The summed E-state index contributed by atoms with van der Waals surface area (Å²) in [5, 5.41) is 9.25. The Labute approximate surface area is 253 Å². The Morgan fingerprint density at radius 2 is 1.83 bits per heavy atom. The Bertz CT molecular complexity index is 1950. The van der Waals surface area contributed by atoms with Gasteiger partial charge < -0.3 is 19.1 Å². The third kappa shape index (κ3) is 5.14. The molecule has 3 heterocycles. The molecule has 1 aliphatic rings. The number of methoxy groups -OCH3 is 1. The number of carboxylic acid groups (broad SMARTS) is 1. The van der Waals surface area contributed by atoms with E-state index < -0.39 is 18.0 Å². The van der Waals surface area contributed by atoms with Gasteiger partial charge in [-0.1, -0.05) is 17.4 Å². The highest BCUT2D eigenvalue weighted by atomic mass is 79.9. The lowest BCUT2D eigenvalue weighted by atomic mass is 9.96. The molecule has 1 N–H and O–H groups in total. The van der Waals surface area contributed by atoms with E-state index >= 15 is 0 Å². The Morgan fingerprint density at radius 1 is 1.12 bits per heavy atom. The van der Waals surface area contributed by atoms with Crippen LogP contribution in [0.5, 0.6) is 5.75 Å². The molecule has 216 valence electrons. The number of benzene rings is 2. The maximum Gasteiger partial charge on any atom is 0.338 e. The van der Waals surface area contributed by atoms with E-state index in [1.807, 2.05) is 42.7 Å². The van der Waals surface area contributed by atoms with Crippen LogP contribution in [0.25, 0.3) is 11.8 Å². The molecule has 4 aromatic rings. The molecule has 0 unspecified atom stereocenters. The quantitative estimate of drug-likeness (QED) is 0.291. The summed E-state index contributed by atoms with van der Waals surface area (Å²) in [7, 11) is 1.57. The molecule has 0 spiro atoms. The number of halogens is 1. The number of rotatable bonds is 7. The van der Waals surface area contributed by atoms with Gasteiger partial charge in [-0.2, -0.15) is 0 Å². The lowest BCUT2D eigenvalue weighted by Gasteiger charge is -2.25. The van der Waals surface area contributed by atoms with Crippen LogP contribution in [0, 0.1) is 13.8 Å². The van der Waals surface area contributed by atoms with Crippen molar-refractivity contribution in [1.82, 2.24) is 9.13 Å². The van der Waals surface area contributed by atoms with E-state index in [9.17, 15) is 19.5 Å². The average molecular weight is 651 g/mol. The number of hydrogen-bond donors (Lipinski definition) is 1. The van der Waals surface area contributed by atoms with Gasteiger partial charge in [-0.05, 0) is 103 Å². The maximum atomic E-state index is 14.0. The molecular weight excluding hydrogens is 622 g/mol. The zero-order valence-electron chi connectivity index (χ0n) is 23.6. The Morgan fingerprint density at radius 3 is 2.45 bits per heavy atom. The molecule has 0 radical (unpaired) electrons. The molecule has 11 heteroatoms. The van der Waals surface area contributed by atoms with E-state index in [1.54, 1.807) is 55.9 Å². The summed E-state index contributed by atoms with van der Waals surface area (Å²) in [5.74, 6) is -0.889. The smallest absolute Gasteiger partial charge is 0.338 e. The van der Waals surface area contributed by atoms with Crippen molar-refractivity contribution in [2.24, 2.45) is 4.99 Å². The second-order valence-corrected chi connectivity index (χ2v) is 11.6. The standard InChI is InChI=1S/C31H28BrN3O6S/c1-6-41-30(39)26-17(3)33-31-35(27(26)20-9-12-24(40-5)23(32)14-20)28(36)25(42-31)15-21-13-16(2)34(18(21)4)22-10-7-19(8-11-22)29(37)38/h7-15,27H,6H2,1-5H3,(H,37,38)/b25-15+/t27-/m0/s1. The fourth-order valence-electron chi connectivity index (χ4n) is 5.19. The number of aryl methyl sites for hydroxylation is 1. The number of carbonyl (C=O) groups excluding carboxylic acids is 1. The lowest BCUT2D eigenvalue weighted by molar-refractivity contribution is -0.139. The molecule has 0 amide bonds. The SMILES string of the molecule is CCOC(=O)C1=C(C)N=c2s/c(=C/c3cc(C)n(-c4ccc(C(=O)O)cc4)c3C)c(=O)n2[C@H]1c1ccc(OC)c(Br)c1. The minimum Gasteiger partial charge on any atom is -0.496 e. The van der Waals surface area contributed by atoms with Crippen molar-refractivity contribution >= 4 is 45.3 Å². The van der Waals surface area contributed by atoms with Gasteiger partial charge in [0.2, 0.25) is 0 Å². The first-order valence-electron chi connectivity index (χ1n) is 13.1. The van der Waals surface area contributed by atoms with Crippen LogP contribution in [0.1, 0.15) is 52.8 Å². The van der Waals surface area contributed by atoms with E-state index in [4.69, 9.17) is 9.47 Å². The first-order valence-corrected chi connectivity index (χ1v) is 14.7. The Kier molecular flexibility index (Phi) is 8.07. The summed E-state index contributed by atoms with van der Waals surface area (Å²) < 4.78 is 15.5. The van der Waals surface area contributed by atoms with Gasteiger partial charge in [-0.3, -0.25) is 9.36 Å². The van der Waals surface area contributed by atoms with Gasteiger partial charge in [0, 0.05) is 17.1 Å². The second-order valence-electron chi connectivity index (χ2n) is 9.71. The topological polar surface area (TPSA) is 112 Å². The van der Waals surface area contributed by atoms with Crippen molar-refractivity contribution in [2.45, 2.75) is 33.7 Å². The first kappa shape index (κ1) is 29.3. The largest absolute Gasteiger partial charge is 0.496 e. The highest BCUT2D eigenvalue weighted by Gasteiger charge is 2.33. The van der Waals surface area contributed by atoms with Gasteiger partial charge in [-0.25, -0.2) is 14.6 Å². The molecule has 42 heavy (non-hydrogen) atoms. The van der Waals surface area contributed by atoms with Crippen molar-refractivity contribution in [3.8, 4) is 11.4 Å². The number of aromatic nitrogens is 2. The average Bonchev–Trinajstić information content (AvgIpc) is 3.41. The van der Waals surface area contributed by atoms with E-state index in [0.717, 1.165) is 22.6 Å². The van der Waals surface area contributed by atoms with Gasteiger partial charge in [0.1, 0.15) is 5.75 Å². The fourth-order valence-corrected chi connectivity index (χ4v) is 6.78. The molecule has 0 saturated heterocycles. The number of nitrogens with zero attached hydrogens (tertiary/aromatic N) is 3. The van der Waals surface area contributed by atoms with E-state index in [1.165, 1.54) is 11.3 Å². The fraction of sp³-hybridized carbons (Fsp3) is 0.226. The summed E-state index contributed by atoms with van der Waals surface area (Å²) in [6.45, 7) is 7.57. The van der Waals surface area contributed by atoms with E-state index in [2.05, 4.69) is 20.9 Å². The van der Waals surface area contributed by atoms with Crippen molar-refractivity contribution in [2.75, 3.05) is 13.7 Å². The number of allylic oxidation sites excluding steroid dienone is 1. The number of aromatic carboxylic acids is 1. The molecule has 0 saturated carbocycles.